The maximum absolute atomic E-state index is 13.7. The third-order valence-electron chi connectivity index (χ3n) is 6.37. The molecule has 0 saturated heterocycles. The van der Waals surface area contributed by atoms with Gasteiger partial charge >= 0.3 is 11.7 Å². The first kappa shape index (κ1) is 18.7. The molecule has 0 spiro atoms. The number of hydrogen-bond donors (Lipinski definition) is 1. The molecule has 1 N–H and O–H groups in total. The smallest absolute Gasteiger partial charge is 0.329 e. The van der Waals surface area contributed by atoms with Gasteiger partial charge in [-0.05, 0) is 36.1 Å². The van der Waals surface area contributed by atoms with E-state index in [0.717, 1.165) is 46.1 Å². The highest BCUT2D eigenvalue weighted by atomic mass is 16.4. The number of rotatable bonds is 6. The van der Waals surface area contributed by atoms with E-state index in [0.29, 0.717) is 13.0 Å². The molecule has 2 aromatic carbocycles. The van der Waals surface area contributed by atoms with Crippen molar-refractivity contribution in [2.24, 2.45) is 7.05 Å². The number of aryl methyl sites for hydroxylation is 1. The predicted octanol–water partition coefficient (Wildman–Crippen LogP) is 4.53. The minimum atomic E-state index is -0.824. The summed E-state index contributed by atoms with van der Waals surface area (Å²) in [6.07, 6.45) is 4.31. The van der Waals surface area contributed by atoms with E-state index in [1.54, 1.807) is 0 Å². The van der Waals surface area contributed by atoms with E-state index in [-0.39, 0.29) is 18.2 Å². The van der Waals surface area contributed by atoms with Gasteiger partial charge in [0.25, 0.3) is 0 Å². The van der Waals surface area contributed by atoms with Crippen LogP contribution in [0.1, 0.15) is 44.2 Å². The number of carboxylic acid groups (broad SMARTS) is 1. The van der Waals surface area contributed by atoms with Crippen molar-refractivity contribution in [3.05, 3.63) is 58.6 Å². The van der Waals surface area contributed by atoms with Crippen LogP contribution in [-0.4, -0.2) is 24.8 Å². The number of nitrogens with zero attached hydrogens (tertiary/aromatic N) is 3. The molecule has 0 amide bonds. The summed E-state index contributed by atoms with van der Waals surface area (Å²) in [5.74, 6) is -0.824. The van der Waals surface area contributed by atoms with Gasteiger partial charge in [-0.2, -0.15) is 0 Å². The molecule has 1 aliphatic rings. The van der Waals surface area contributed by atoms with E-state index >= 15 is 0 Å². The first-order chi connectivity index (χ1) is 14.5. The van der Waals surface area contributed by atoms with Crippen LogP contribution in [0.3, 0.4) is 0 Å². The molecular formula is C24H25N3O3. The van der Waals surface area contributed by atoms with Crippen molar-refractivity contribution in [1.82, 2.24) is 13.7 Å². The molecule has 154 valence electrons. The number of hydrogen-bond acceptors (Lipinski definition) is 2. The van der Waals surface area contributed by atoms with Crippen LogP contribution in [0.2, 0.25) is 0 Å². The molecule has 6 nitrogen and oxygen atoms in total. The van der Waals surface area contributed by atoms with Crippen LogP contribution in [0, 0.1) is 0 Å². The minimum absolute atomic E-state index is 0.0499. The second-order valence-corrected chi connectivity index (χ2v) is 8.25. The van der Waals surface area contributed by atoms with Crippen molar-refractivity contribution in [3.63, 3.8) is 0 Å². The average molecular weight is 403 g/mol. The fourth-order valence-electron chi connectivity index (χ4n) is 5.13. The Hall–Kier alpha value is -3.28. The molecule has 2 aromatic heterocycles. The third-order valence-corrected chi connectivity index (χ3v) is 6.37. The van der Waals surface area contributed by atoms with Crippen LogP contribution in [0.5, 0.6) is 0 Å². The van der Waals surface area contributed by atoms with E-state index in [1.165, 1.54) is 5.39 Å². The molecule has 4 aromatic rings. The molecule has 6 heteroatoms. The number of carbonyl (C=O) groups is 1. The monoisotopic (exact) mass is 403 g/mol. The van der Waals surface area contributed by atoms with Gasteiger partial charge in [-0.1, -0.05) is 37.6 Å². The molecule has 3 heterocycles. The summed E-state index contributed by atoms with van der Waals surface area (Å²) in [6, 6.07) is 12.3. The Bertz CT molecular complexity index is 1360. The van der Waals surface area contributed by atoms with Crippen molar-refractivity contribution in [2.75, 3.05) is 0 Å². The molecule has 0 saturated carbocycles. The molecular weight excluding hydrogens is 378 g/mol. The molecule has 30 heavy (non-hydrogen) atoms. The Balaban J connectivity index is 1.80. The lowest BCUT2D eigenvalue weighted by Crippen LogP contribution is -2.28. The maximum Gasteiger partial charge on any atom is 0.329 e. The number of para-hydroxylation sites is 1. The standard InChI is InChI=1S/C24H25N3O3/c1-3-6-16(11-12-21(28)29)27-20-10-5-8-18-17-7-4-9-19-22(17)15(13-25(19)2)14-26(23(18)20)24(27)30/h4-5,7-10,13,16H,3,6,11-12,14H2,1-2H3,(H,28,29). The number of carboxylic acids is 1. The highest BCUT2D eigenvalue weighted by molar-refractivity contribution is 6.05. The van der Waals surface area contributed by atoms with Crippen LogP contribution in [0.25, 0.3) is 33.1 Å². The Labute approximate surface area is 174 Å². The Kier molecular flexibility index (Phi) is 4.31. The lowest BCUT2D eigenvalue weighted by molar-refractivity contribution is -0.137. The Morgan fingerprint density at radius 1 is 1.10 bits per heavy atom. The number of aliphatic carboxylic acids is 1. The van der Waals surface area contributed by atoms with Crippen molar-refractivity contribution in [2.45, 2.75) is 45.2 Å². The van der Waals surface area contributed by atoms with Gasteiger partial charge in [-0.25, -0.2) is 4.79 Å². The lowest BCUT2D eigenvalue weighted by atomic mass is 9.99. The lowest BCUT2D eigenvalue weighted by Gasteiger charge is -2.17. The van der Waals surface area contributed by atoms with E-state index in [1.807, 2.05) is 28.3 Å². The summed E-state index contributed by atoms with van der Waals surface area (Å²) in [7, 11) is 2.04. The highest BCUT2D eigenvalue weighted by Crippen LogP contribution is 2.39. The largest absolute Gasteiger partial charge is 0.481 e. The van der Waals surface area contributed by atoms with E-state index in [9.17, 15) is 14.7 Å². The molecule has 0 fully saturated rings. The van der Waals surface area contributed by atoms with Crippen molar-refractivity contribution in [3.8, 4) is 11.1 Å². The topological polar surface area (TPSA) is 69.2 Å². The predicted molar refractivity (Wildman–Crippen MR) is 118 cm³/mol. The number of aromatic nitrogens is 3. The summed E-state index contributed by atoms with van der Waals surface area (Å²) in [5.41, 5.74) is 6.31. The van der Waals surface area contributed by atoms with Crippen molar-refractivity contribution >= 4 is 27.9 Å². The SMILES string of the molecule is CCCC(CCC(=O)O)n1c(=O)n2c3c(cccc31)-c1cccc3c1c(cn3C)C2. The van der Waals surface area contributed by atoms with Crippen LogP contribution >= 0.6 is 0 Å². The molecule has 0 bridgehead atoms. The Morgan fingerprint density at radius 3 is 2.57 bits per heavy atom. The highest BCUT2D eigenvalue weighted by Gasteiger charge is 2.26. The second-order valence-electron chi connectivity index (χ2n) is 8.25. The van der Waals surface area contributed by atoms with Gasteiger partial charge in [0.15, 0.2) is 0 Å². The van der Waals surface area contributed by atoms with Crippen molar-refractivity contribution in [1.29, 1.82) is 0 Å². The van der Waals surface area contributed by atoms with Gasteiger partial charge < -0.3 is 9.67 Å². The van der Waals surface area contributed by atoms with Gasteiger partial charge in [0.05, 0.1) is 17.6 Å². The van der Waals surface area contributed by atoms with Gasteiger partial charge in [0.1, 0.15) is 0 Å². The van der Waals surface area contributed by atoms with E-state index in [4.69, 9.17) is 0 Å². The zero-order valence-corrected chi connectivity index (χ0v) is 17.3. The molecule has 1 aliphatic heterocycles. The molecule has 0 radical (unpaired) electrons. The zero-order valence-electron chi connectivity index (χ0n) is 17.3. The van der Waals surface area contributed by atoms with Gasteiger partial charge in [-0.3, -0.25) is 13.9 Å². The summed E-state index contributed by atoms with van der Waals surface area (Å²) in [5, 5.41) is 10.4. The molecule has 1 unspecified atom stereocenters. The molecule has 1 atom stereocenters. The first-order valence-corrected chi connectivity index (χ1v) is 10.5. The fourth-order valence-corrected chi connectivity index (χ4v) is 5.13. The van der Waals surface area contributed by atoms with E-state index in [2.05, 4.69) is 42.0 Å². The molecule has 0 aliphatic carbocycles. The zero-order chi connectivity index (χ0) is 21.0. The minimum Gasteiger partial charge on any atom is -0.481 e. The van der Waals surface area contributed by atoms with Crippen LogP contribution in [-0.2, 0) is 18.4 Å². The third kappa shape index (κ3) is 2.63. The quantitative estimate of drug-likeness (QED) is 0.453. The van der Waals surface area contributed by atoms with Gasteiger partial charge in [0, 0.05) is 42.2 Å². The van der Waals surface area contributed by atoms with Crippen LogP contribution in [0.4, 0.5) is 0 Å². The van der Waals surface area contributed by atoms with E-state index < -0.39 is 5.97 Å². The van der Waals surface area contributed by atoms with Crippen molar-refractivity contribution < 1.29 is 9.90 Å². The summed E-state index contributed by atoms with van der Waals surface area (Å²) in [4.78, 5) is 24.9. The van der Waals surface area contributed by atoms with Gasteiger partial charge in [0.2, 0.25) is 0 Å². The second kappa shape index (κ2) is 6.90. The normalized spacial score (nSPS) is 13.7. The fraction of sp³-hybridized carbons (Fsp3) is 0.333. The number of imidazole rings is 1. The number of benzene rings is 2. The summed E-state index contributed by atoms with van der Waals surface area (Å²) in [6.45, 7) is 2.59. The van der Waals surface area contributed by atoms with Gasteiger partial charge in [-0.15, -0.1) is 0 Å². The maximum atomic E-state index is 13.7. The van der Waals surface area contributed by atoms with Crippen LogP contribution in [0.15, 0.2) is 47.4 Å². The first-order valence-electron chi connectivity index (χ1n) is 10.5. The Morgan fingerprint density at radius 2 is 1.83 bits per heavy atom. The average Bonchev–Trinajstić information content (AvgIpc) is 3.14. The van der Waals surface area contributed by atoms with Crippen LogP contribution < -0.4 is 5.69 Å². The summed E-state index contributed by atoms with van der Waals surface area (Å²) < 4.78 is 5.84. The number of fused-ring (bicyclic) bond motifs is 1. The summed E-state index contributed by atoms with van der Waals surface area (Å²) >= 11 is 0. The molecule has 5 rings (SSSR count).